The van der Waals surface area contributed by atoms with E-state index in [-0.39, 0.29) is 12.5 Å². The standard InChI is InChI=1S/C18H25BrN2O3S/c1-25(23,24)21(17-10-5-9-16(19)13-17)12-6-11-18(22)20-14-15-7-3-2-4-8-15/h5,7,9-10,13H,2-4,6,8,11-12,14H2,1H3,(H,20,22). The van der Waals surface area contributed by atoms with Gasteiger partial charge >= 0.3 is 0 Å². The molecule has 7 heteroatoms. The van der Waals surface area contributed by atoms with Crippen LogP contribution in [0.1, 0.15) is 38.5 Å². The largest absolute Gasteiger partial charge is 0.352 e. The van der Waals surface area contributed by atoms with Crippen molar-refractivity contribution in [2.75, 3.05) is 23.7 Å². The van der Waals surface area contributed by atoms with Gasteiger partial charge < -0.3 is 5.32 Å². The number of benzene rings is 1. The van der Waals surface area contributed by atoms with Crippen LogP contribution >= 0.6 is 15.9 Å². The third-order valence-electron chi connectivity index (χ3n) is 4.16. The fourth-order valence-corrected chi connectivity index (χ4v) is 4.21. The maximum atomic E-state index is 12.1. The molecule has 25 heavy (non-hydrogen) atoms. The van der Waals surface area contributed by atoms with Crippen LogP contribution in [0.5, 0.6) is 0 Å². The van der Waals surface area contributed by atoms with E-state index in [0.717, 1.165) is 17.3 Å². The first-order valence-corrected chi connectivity index (χ1v) is 11.2. The molecular weight excluding hydrogens is 404 g/mol. The lowest BCUT2D eigenvalue weighted by Crippen LogP contribution is -2.32. The summed E-state index contributed by atoms with van der Waals surface area (Å²) in [6, 6.07) is 7.15. The number of halogens is 1. The summed E-state index contributed by atoms with van der Waals surface area (Å²) in [7, 11) is -3.39. The number of nitrogens with zero attached hydrogens (tertiary/aromatic N) is 1. The van der Waals surface area contributed by atoms with Gasteiger partial charge in [-0.15, -0.1) is 0 Å². The number of rotatable bonds is 8. The molecule has 1 aromatic carbocycles. The topological polar surface area (TPSA) is 66.5 Å². The second kappa shape index (κ2) is 9.38. The van der Waals surface area contributed by atoms with Gasteiger partial charge in [0.25, 0.3) is 0 Å². The molecule has 138 valence electrons. The van der Waals surface area contributed by atoms with Crippen molar-refractivity contribution in [2.45, 2.75) is 38.5 Å². The zero-order chi connectivity index (χ0) is 18.3. The summed E-state index contributed by atoms with van der Waals surface area (Å²) in [5, 5.41) is 2.93. The van der Waals surface area contributed by atoms with Crippen LogP contribution in [0.3, 0.4) is 0 Å². The van der Waals surface area contributed by atoms with Crippen molar-refractivity contribution >= 4 is 37.5 Å². The van der Waals surface area contributed by atoms with Gasteiger partial charge in [-0.05, 0) is 50.3 Å². The average molecular weight is 429 g/mol. The lowest BCUT2D eigenvalue weighted by atomic mass is 10.00. The lowest BCUT2D eigenvalue weighted by Gasteiger charge is -2.22. The Morgan fingerprint density at radius 1 is 1.32 bits per heavy atom. The van der Waals surface area contributed by atoms with Gasteiger partial charge in [-0.1, -0.05) is 33.6 Å². The first-order chi connectivity index (χ1) is 11.9. The normalized spacial score (nSPS) is 14.7. The van der Waals surface area contributed by atoms with E-state index in [2.05, 4.69) is 27.3 Å². The summed E-state index contributed by atoms with van der Waals surface area (Å²) in [6.45, 7) is 0.895. The quantitative estimate of drug-likeness (QED) is 0.642. The first-order valence-electron chi connectivity index (χ1n) is 8.54. The van der Waals surface area contributed by atoms with Gasteiger partial charge in [-0.2, -0.15) is 0 Å². The number of hydrogen-bond donors (Lipinski definition) is 1. The minimum absolute atomic E-state index is 0.0332. The number of nitrogens with one attached hydrogen (secondary N) is 1. The van der Waals surface area contributed by atoms with Gasteiger partial charge in [0.05, 0.1) is 11.9 Å². The van der Waals surface area contributed by atoms with E-state index in [0.29, 0.717) is 25.1 Å². The Hall–Kier alpha value is -1.34. The van der Waals surface area contributed by atoms with Gasteiger partial charge in [0.1, 0.15) is 0 Å². The molecular formula is C18H25BrN2O3S. The van der Waals surface area contributed by atoms with Gasteiger partial charge in [-0.25, -0.2) is 8.42 Å². The molecule has 0 aliphatic heterocycles. The second-order valence-electron chi connectivity index (χ2n) is 6.30. The van der Waals surface area contributed by atoms with Gasteiger partial charge in [-0.3, -0.25) is 9.10 Å². The molecule has 1 aliphatic carbocycles. The van der Waals surface area contributed by atoms with E-state index in [9.17, 15) is 13.2 Å². The third kappa shape index (κ3) is 6.82. The molecule has 0 spiro atoms. The fraction of sp³-hybridized carbons (Fsp3) is 0.500. The molecule has 1 aliphatic rings. The molecule has 0 bridgehead atoms. The maximum Gasteiger partial charge on any atom is 0.232 e. The third-order valence-corrected chi connectivity index (χ3v) is 5.85. The molecule has 0 fully saturated rings. The number of carbonyl (C=O) groups is 1. The predicted molar refractivity (Wildman–Crippen MR) is 105 cm³/mol. The molecule has 1 aromatic rings. The van der Waals surface area contributed by atoms with Crippen LogP contribution in [0.2, 0.25) is 0 Å². The number of amides is 1. The molecule has 0 atom stereocenters. The Morgan fingerprint density at radius 2 is 2.12 bits per heavy atom. The smallest absolute Gasteiger partial charge is 0.232 e. The SMILES string of the molecule is CS(=O)(=O)N(CCCC(=O)NCC1=CCCCC1)c1cccc(Br)c1. The molecule has 5 nitrogen and oxygen atoms in total. The van der Waals surface area contributed by atoms with Crippen molar-refractivity contribution in [3.63, 3.8) is 0 Å². The Bertz CT molecular complexity index is 732. The summed E-state index contributed by atoms with van der Waals surface area (Å²) < 4.78 is 26.3. The molecule has 0 saturated heterocycles. The Balaban J connectivity index is 1.84. The Labute approximate surface area is 158 Å². The van der Waals surface area contributed by atoms with Crippen molar-refractivity contribution < 1.29 is 13.2 Å². The first kappa shape index (κ1) is 20.0. The monoisotopic (exact) mass is 428 g/mol. The van der Waals surface area contributed by atoms with Crippen molar-refractivity contribution in [2.24, 2.45) is 0 Å². The summed E-state index contributed by atoms with van der Waals surface area (Å²) in [6.07, 6.45) is 8.77. The zero-order valence-corrected chi connectivity index (χ0v) is 16.9. The average Bonchev–Trinajstić information content (AvgIpc) is 2.56. The predicted octanol–water partition coefficient (Wildman–Crippen LogP) is 3.61. The highest BCUT2D eigenvalue weighted by molar-refractivity contribution is 9.10. The molecule has 0 aromatic heterocycles. The van der Waals surface area contributed by atoms with Crippen molar-refractivity contribution in [1.29, 1.82) is 0 Å². The van der Waals surface area contributed by atoms with E-state index in [1.165, 1.54) is 29.0 Å². The lowest BCUT2D eigenvalue weighted by molar-refractivity contribution is -0.120. The minimum atomic E-state index is -3.39. The summed E-state index contributed by atoms with van der Waals surface area (Å²) in [5.41, 5.74) is 1.90. The van der Waals surface area contributed by atoms with Crippen LogP contribution in [0.4, 0.5) is 5.69 Å². The van der Waals surface area contributed by atoms with Crippen molar-refractivity contribution in [3.8, 4) is 0 Å². The van der Waals surface area contributed by atoms with E-state index in [1.54, 1.807) is 18.2 Å². The maximum absolute atomic E-state index is 12.1. The fourth-order valence-electron chi connectivity index (χ4n) is 2.87. The second-order valence-corrected chi connectivity index (χ2v) is 9.13. The molecule has 1 N–H and O–H groups in total. The van der Waals surface area contributed by atoms with Gasteiger partial charge in [0.2, 0.25) is 15.9 Å². The minimum Gasteiger partial charge on any atom is -0.352 e. The zero-order valence-electron chi connectivity index (χ0n) is 14.5. The van der Waals surface area contributed by atoms with Crippen LogP contribution in [-0.4, -0.2) is 33.7 Å². The molecule has 0 heterocycles. The number of sulfonamides is 1. The summed E-state index contributed by atoms with van der Waals surface area (Å²) in [5.74, 6) is -0.0332. The van der Waals surface area contributed by atoms with Crippen molar-refractivity contribution in [3.05, 3.63) is 40.4 Å². The van der Waals surface area contributed by atoms with Crippen LogP contribution in [-0.2, 0) is 14.8 Å². The van der Waals surface area contributed by atoms with E-state index in [1.807, 2.05) is 6.07 Å². The number of anilines is 1. The van der Waals surface area contributed by atoms with Gasteiger partial charge in [0.15, 0.2) is 0 Å². The van der Waals surface area contributed by atoms with E-state index in [4.69, 9.17) is 0 Å². The van der Waals surface area contributed by atoms with Crippen LogP contribution in [0.25, 0.3) is 0 Å². The van der Waals surface area contributed by atoms with Crippen LogP contribution in [0, 0.1) is 0 Å². The summed E-state index contributed by atoms with van der Waals surface area (Å²) in [4.78, 5) is 12.0. The highest BCUT2D eigenvalue weighted by atomic mass is 79.9. The van der Waals surface area contributed by atoms with Crippen molar-refractivity contribution in [1.82, 2.24) is 5.32 Å². The number of carbonyl (C=O) groups excluding carboxylic acids is 1. The van der Waals surface area contributed by atoms with Gasteiger partial charge in [0, 0.05) is 24.0 Å². The molecule has 0 radical (unpaired) electrons. The Kier molecular flexibility index (Phi) is 7.50. The highest BCUT2D eigenvalue weighted by Crippen LogP contribution is 2.22. The number of hydrogen-bond acceptors (Lipinski definition) is 3. The number of allylic oxidation sites excluding steroid dienone is 1. The van der Waals surface area contributed by atoms with E-state index < -0.39 is 10.0 Å². The highest BCUT2D eigenvalue weighted by Gasteiger charge is 2.17. The molecule has 0 saturated carbocycles. The molecule has 0 unspecified atom stereocenters. The molecule has 2 rings (SSSR count). The Morgan fingerprint density at radius 3 is 2.76 bits per heavy atom. The van der Waals surface area contributed by atoms with E-state index >= 15 is 0 Å². The van der Waals surface area contributed by atoms with Crippen LogP contribution in [0.15, 0.2) is 40.4 Å². The van der Waals surface area contributed by atoms with Crippen LogP contribution < -0.4 is 9.62 Å². The molecule has 1 amide bonds. The summed E-state index contributed by atoms with van der Waals surface area (Å²) >= 11 is 3.36.